The van der Waals surface area contributed by atoms with Crippen LogP contribution in [-0.4, -0.2) is 55.4 Å². The van der Waals surface area contributed by atoms with Gasteiger partial charge < -0.3 is 5.32 Å². The van der Waals surface area contributed by atoms with Gasteiger partial charge in [0.05, 0.1) is 6.54 Å². The molecule has 1 heterocycles. The van der Waals surface area contributed by atoms with Gasteiger partial charge in [-0.05, 0) is 12.5 Å². The molecular formula is C12H18ClF2N3OS. The number of nitrogens with zero attached hydrogens (tertiary/aromatic N) is 2. The summed E-state index contributed by atoms with van der Waals surface area (Å²) in [5, 5.41) is 2.61. The molecule has 0 bridgehead atoms. The summed E-state index contributed by atoms with van der Waals surface area (Å²) in [6.45, 7) is 5.96. The average Bonchev–Trinajstić information content (AvgIpc) is 2.70. The van der Waals surface area contributed by atoms with Crippen molar-refractivity contribution in [1.82, 2.24) is 10.2 Å². The molecule has 0 spiro atoms. The van der Waals surface area contributed by atoms with E-state index in [4.69, 9.17) is 11.6 Å². The van der Waals surface area contributed by atoms with Crippen LogP contribution in [0, 0.1) is 0 Å². The highest BCUT2D eigenvalue weighted by Crippen LogP contribution is 2.26. The number of hydrogen-bond donors (Lipinski definition) is 1. The van der Waals surface area contributed by atoms with Gasteiger partial charge in [0.1, 0.15) is 4.36 Å². The van der Waals surface area contributed by atoms with Crippen LogP contribution in [0.1, 0.15) is 13.3 Å². The van der Waals surface area contributed by atoms with Crippen LogP contribution in [0.5, 0.6) is 0 Å². The smallest absolute Gasteiger partial charge is 0.272 e. The number of thioether (sulfide) groups is 1. The molecule has 1 rings (SSSR count). The van der Waals surface area contributed by atoms with Crippen molar-refractivity contribution >= 4 is 36.0 Å². The number of hydrogen-bond acceptors (Lipinski definition) is 4. The molecule has 8 heteroatoms. The molecule has 0 aromatic rings. The van der Waals surface area contributed by atoms with Gasteiger partial charge in [0.15, 0.2) is 5.70 Å². The number of rotatable bonds is 7. The maximum absolute atomic E-state index is 13.0. The lowest BCUT2D eigenvalue weighted by Gasteiger charge is -2.15. The molecule has 1 saturated heterocycles. The molecule has 0 atom stereocenters. The van der Waals surface area contributed by atoms with Gasteiger partial charge in [-0.15, -0.1) is 11.8 Å². The second kappa shape index (κ2) is 7.95. The van der Waals surface area contributed by atoms with E-state index in [2.05, 4.69) is 17.0 Å². The topological polar surface area (TPSA) is 44.7 Å². The number of amides is 1. The number of alkyl halides is 2. The Morgan fingerprint density at radius 2 is 2.30 bits per heavy atom. The monoisotopic (exact) mass is 325 g/mol. The van der Waals surface area contributed by atoms with E-state index in [1.165, 1.54) is 11.8 Å². The maximum atomic E-state index is 13.0. The molecule has 0 aromatic carbocycles. The van der Waals surface area contributed by atoms with Crippen LogP contribution in [0.25, 0.3) is 0 Å². The number of halogens is 3. The van der Waals surface area contributed by atoms with E-state index in [9.17, 15) is 13.6 Å². The summed E-state index contributed by atoms with van der Waals surface area (Å²) in [6, 6.07) is 0. The van der Waals surface area contributed by atoms with Crippen LogP contribution >= 0.6 is 23.4 Å². The van der Waals surface area contributed by atoms with Crippen molar-refractivity contribution in [3.63, 3.8) is 0 Å². The van der Waals surface area contributed by atoms with E-state index in [1.807, 2.05) is 6.92 Å². The quantitative estimate of drug-likeness (QED) is 0.577. The Labute approximate surface area is 126 Å². The Bertz CT molecular complexity index is 404. The highest BCUT2D eigenvalue weighted by Gasteiger charge is 2.37. The average molecular weight is 326 g/mol. The molecule has 4 nitrogen and oxygen atoms in total. The van der Waals surface area contributed by atoms with Crippen LogP contribution in [0.2, 0.25) is 0 Å². The van der Waals surface area contributed by atoms with Crippen LogP contribution in [0.15, 0.2) is 15.1 Å². The fraction of sp³-hybridized carbons (Fsp3) is 0.667. The van der Waals surface area contributed by atoms with Crippen molar-refractivity contribution in [3.8, 4) is 0 Å². The van der Waals surface area contributed by atoms with Gasteiger partial charge in [-0.1, -0.05) is 18.5 Å². The van der Waals surface area contributed by atoms with E-state index in [0.717, 1.165) is 0 Å². The summed E-state index contributed by atoms with van der Waals surface area (Å²) in [4.78, 5) is 17.1. The second-order valence-corrected chi connectivity index (χ2v) is 6.23. The number of aliphatic imine (C=N–C) groups is 1. The van der Waals surface area contributed by atoms with E-state index in [0.29, 0.717) is 18.8 Å². The van der Waals surface area contributed by atoms with E-state index >= 15 is 0 Å². The van der Waals surface area contributed by atoms with Crippen molar-refractivity contribution < 1.29 is 13.6 Å². The first-order valence-corrected chi connectivity index (χ1v) is 7.63. The lowest BCUT2D eigenvalue weighted by atomic mass is 10.3. The molecular weight excluding hydrogens is 308 g/mol. The van der Waals surface area contributed by atoms with Crippen LogP contribution < -0.4 is 5.32 Å². The molecule has 0 unspecified atom stereocenters. The molecule has 20 heavy (non-hydrogen) atoms. The highest BCUT2D eigenvalue weighted by molar-refractivity contribution is 8.04. The third-order valence-electron chi connectivity index (χ3n) is 2.79. The number of carbonyl (C=O) groups excluding carboxylic acids is 1. The van der Waals surface area contributed by atoms with E-state index in [1.54, 1.807) is 4.90 Å². The number of carbonyl (C=O) groups is 1. The van der Waals surface area contributed by atoms with E-state index in [-0.39, 0.29) is 29.6 Å². The lowest BCUT2D eigenvalue weighted by Crippen LogP contribution is -2.35. The number of nitrogens with one attached hydrogen (secondary N) is 1. The zero-order chi connectivity index (χ0) is 15.2. The molecule has 1 aliphatic rings. The maximum Gasteiger partial charge on any atom is 0.272 e. The summed E-state index contributed by atoms with van der Waals surface area (Å²) < 4.78 is 26.2. The zero-order valence-electron chi connectivity index (χ0n) is 11.3. The Morgan fingerprint density at radius 3 is 2.80 bits per heavy atom. The molecule has 0 radical (unpaired) electrons. The largest absolute Gasteiger partial charge is 0.349 e. The minimum Gasteiger partial charge on any atom is -0.349 e. The van der Waals surface area contributed by atoms with Crippen LogP contribution in [0.4, 0.5) is 8.78 Å². The summed E-state index contributed by atoms with van der Waals surface area (Å²) in [7, 11) is 0. The molecule has 0 aliphatic carbocycles. The predicted molar refractivity (Wildman–Crippen MR) is 79.6 cm³/mol. The molecule has 0 aromatic heterocycles. The summed E-state index contributed by atoms with van der Waals surface area (Å²) in [5.74, 6) is -2.33. The highest BCUT2D eigenvalue weighted by atomic mass is 35.5. The Morgan fingerprint density at radius 1 is 1.60 bits per heavy atom. The minimum atomic E-state index is -2.61. The van der Waals surface area contributed by atoms with Crippen molar-refractivity contribution in [2.75, 3.05) is 31.9 Å². The van der Waals surface area contributed by atoms with Crippen LogP contribution in [-0.2, 0) is 4.79 Å². The zero-order valence-corrected chi connectivity index (χ0v) is 12.9. The molecule has 1 fully saturated rings. The Hall–Kier alpha value is -0.660. The first kappa shape index (κ1) is 17.4. The SMILES string of the molecule is C=N/C(C(=O)NCCN1CCC(F)(F)C1)=C(/Cl)SCC. The van der Waals surface area contributed by atoms with Gasteiger partial charge in [-0.25, -0.2) is 8.78 Å². The fourth-order valence-corrected chi connectivity index (χ4v) is 2.85. The van der Waals surface area contributed by atoms with Gasteiger partial charge in [-0.2, -0.15) is 0 Å². The van der Waals surface area contributed by atoms with Crippen LogP contribution in [0.3, 0.4) is 0 Å². The molecule has 1 N–H and O–H groups in total. The Kier molecular flexibility index (Phi) is 6.91. The predicted octanol–water partition coefficient (Wildman–Crippen LogP) is 2.31. The van der Waals surface area contributed by atoms with Gasteiger partial charge in [-0.3, -0.25) is 14.7 Å². The standard InChI is InChI=1S/C12H18ClF2N3OS/c1-3-20-10(13)9(16-2)11(19)17-5-7-18-6-4-12(14,15)8-18/h2-8H2,1H3,(H,17,19)/b10-9-. The molecule has 114 valence electrons. The van der Waals surface area contributed by atoms with Gasteiger partial charge >= 0.3 is 0 Å². The first-order chi connectivity index (χ1) is 9.39. The second-order valence-electron chi connectivity index (χ2n) is 4.35. The normalized spacial score (nSPS) is 19.6. The number of likely N-dealkylation sites (tertiary alicyclic amines) is 1. The van der Waals surface area contributed by atoms with Gasteiger partial charge in [0, 0.05) is 26.1 Å². The van der Waals surface area contributed by atoms with Crippen molar-refractivity contribution in [2.24, 2.45) is 4.99 Å². The van der Waals surface area contributed by atoms with Gasteiger partial charge in [0.25, 0.3) is 11.8 Å². The van der Waals surface area contributed by atoms with Gasteiger partial charge in [0.2, 0.25) is 0 Å². The molecule has 1 amide bonds. The third kappa shape index (κ3) is 5.38. The van der Waals surface area contributed by atoms with Crippen molar-refractivity contribution in [2.45, 2.75) is 19.3 Å². The summed E-state index contributed by atoms with van der Waals surface area (Å²) in [6.07, 6.45) is -0.126. The van der Waals surface area contributed by atoms with E-state index < -0.39 is 11.8 Å². The summed E-state index contributed by atoms with van der Waals surface area (Å²) >= 11 is 7.22. The molecule has 0 saturated carbocycles. The van der Waals surface area contributed by atoms with Crippen molar-refractivity contribution in [3.05, 3.63) is 10.1 Å². The fourth-order valence-electron chi connectivity index (χ4n) is 1.83. The minimum absolute atomic E-state index is 0.0743. The Balaban J connectivity index is 2.39. The summed E-state index contributed by atoms with van der Waals surface area (Å²) in [5.41, 5.74) is 0.0743. The molecule has 1 aliphatic heterocycles. The first-order valence-electron chi connectivity index (χ1n) is 6.27. The van der Waals surface area contributed by atoms with Crippen molar-refractivity contribution in [1.29, 1.82) is 0 Å². The lowest BCUT2D eigenvalue weighted by molar-refractivity contribution is -0.117. The third-order valence-corrected chi connectivity index (χ3v) is 4.03.